The molecule has 0 radical (unpaired) electrons. The van der Waals surface area contributed by atoms with E-state index in [0.717, 1.165) is 23.2 Å². The maximum absolute atomic E-state index is 7.10. The Morgan fingerprint density at radius 3 is 2.69 bits per heavy atom. The van der Waals surface area contributed by atoms with Crippen LogP contribution in [0.15, 0.2) is 34.9 Å². The molecule has 0 aliphatic carbocycles. The highest BCUT2D eigenvalue weighted by Crippen LogP contribution is 2.18. The van der Waals surface area contributed by atoms with Crippen molar-refractivity contribution in [3.8, 4) is 11.5 Å². The molecule has 16 heavy (non-hydrogen) atoms. The zero-order valence-corrected chi connectivity index (χ0v) is 8.81. The summed E-state index contributed by atoms with van der Waals surface area (Å²) in [6.07, 6.45) is 3.66. The van der Waals surface area contributed by atoms with Gasteiger partial charge in [0, 0.05) is 18.2 Å². The van der Waals surface area contributed by atoms with Crippen LogP contribution in [0.25, 0.3) is 11.5 Å². The second-order valence-corrected chi connectivity index (χ2v) is 3.45. The van der Waals surface area contributed by atoms with Crippen LogP contribution < -0.4 is 5.73 Å². The summed E-state index contributed by atoms with van der Waals surface area (Å²) in [5, 5.41) is 7.10. The van der Waals surface area contributed by atoms with E-state index >= 15 is 0 Å². The molecule has 0 amide bonds. The Morgan fingerprint density at radius 2 is 2.06 bits per heavy atom. The summed E-state index contributed by atoms with van der Waals surface area (Å²) >= 11 is 0. The van der Waals surface area contributed by atoms with Crippen molar-refractivity contribution in [3.05, 3.63) is 41.8 Å². The van der Waals surface area contributed by atoms with Crippen molar-refractivity contribution in [2.24, 2.45) is 5.73 Å². The van der Waals surface area contributed by atoms with E-state index in [4.69, 9.17) is 15.6 Å². The van der Waals surface area contributed by atoms with Crippen LogP contribution in [-0.4, -0.2) is 17.7 Å². The predicted molar refractivity (Wildman–Crippen MR) is 62.6 cm³/mol. The van der Waals surface area contributed by atoms with Crippen molar-refractivity contribution in [3.63, 3.8) is 0 Å². The van der Waals surface area contributed by atoms with E-state index in [9.17, 15) is 0 Å². The molecule has 0 saturated heterocycles. The standard InChI is InChI=1S/C12H13N3O/c13-6-5-11-8-16-12(15-11)10-3-1-9(7-14)2-4-10/h1-4,7-8,14H,5-6,13H2. The summed E-state index contributed by atoms with van der Waals surface area (Å²) in [5.74, 6) is 0.597. The maximum atomic E-state index is 7.10. The van der Waals surface area contributed by atoms with Gasteiger partial charge in [-0.25, -0.2) is 4.98 Å². The van der Waals surface area contributed by atoms with Gasteiger partial charge < -0.3 is 15.6 Å². The van der Waals surface area contributed by atoms with Crippen LogP contribution in [0.2, 0.25) is 0 Å². The molecule has 0 unspecified atom stereocenters. The number of aromatic nitrogens is 1. The number of hydrogen-bond acceptors (Lipinski definition) is 4. The highest BCUT2D eigenvalue weighted by Gasteiger charge is 2.05. The molecule has 4 heteroatoms. The molecule has 1 aromatic heterocycles. The molecule has 0 saturated carbocycles. The highest BCUT2D eigenvalue weighted by molar-refractivity contribution is 5.77. The van der Waals surface area contributed by atoms with Gasteiger partial charge in [-0.2, -0.15) is 0 Å². The van der Waals surface area contributed by atoms with Gasteiger partial charge in [-0.15, -0.1) is 0 Å². The number of rotatable bonds is 4. The second kappa shape index (κ2) is 4.72. The van der Waals surface area contributed by atoms with Gasteiger partial charge in [0.25, 0.3) is 0 Å². The minimum atomic E-state index is 0.568. The summed E-state index contributed by atoms with van der Waals surface area (Å²) in [6.45, 7) is 0.568. The van der Waals surface area contributed by atoms with Gasteiger partial charge in [0.2, 0.25) is 5.89 Å². The van der Waals surface area contributed by atoms with E-state index in [2.05, 4.69) is 4.98 Å². The van der Waals surface area contributed by atoms with Crippen molar-refractivity contribution >= 4 is 6.21 Å². The predicted octanol–water partition coefficient (Wildman–Crippen LogP) is 1.84. The molecule has 2 rings (SSSR count). The first-order valence-electron chi connectivity index (χ1n) is 5.09. The molecule has 0 spiro atoms. The molecule has 0 aliphatic rings. The lowest BCUT2D eigenvalue weighted by Crippen LogP contribution is -2.02. The topological polar surface area (TPSA) is 75.9 Å². The van der Waals surface area contributed by atoms with E-state index in [0.29, 0.717) is 12.4 Å². The van der Waals surface area contributed by atoms with Gasteiger partial charge >= 0.3 is 0 Å². The number of nitrogens with one attached hydrogen (secondary N) is 1. The monoisotopic (exact) mass is 215 g/mol. The Kier molecular flexibility index (Phi) is 3.12. The molecule has 82 valence electrons. The molecular formula is C12H13N3O. The normalized spacial score (nSPS) is 10.3. The van der Waals surface area contributed by atoms with Gasteiger partial charge in [0.1, 0.15) is 6.26 Å². The molecule has 0 aliphatic heterocycles. The largest absolute Gasteiger partial charge is 0.444 e. The molecule has 0 bridgehead atoms. The fourth-order valence-corrected chi connectivity index (χ4v) is 1.42. The van der Waals surface area contributed by atoms with E-state index in [1.807, 2.05) is 24.3 Å². The van der Waals surface area contributed by atoms with Gasteiger partial charge in [0.15, 0.2) is 0 Å². The fourth-order valence-electron chi connectivity index (χ4n) is 1.42. The SMILES string of the molecule is N=Cc1ccc(-c2nc(CCN)co2)cc1. The smallest absolute Gasteiger partial charge is 0.226 e. The summed E-state index contributed by atoms with van der Waals surface area (Å²) in [7, 11) is 0. The minimum absolute atomic E-state index is 0.568. The number of hydrogen-bond donors (Lipinski definition) is 2. The van der Waals surface area contributed by atoms with E-state index in [1.54, 1.807) is 6.26 Å². The van der Waals surface area contributed by atoms with Crippen LogP contribution in [0, 0.1) is 5.41 Å². The van der Waals surface area contributed by atoms with Crippen molar-refractivity contribution in [1.29, 1.82) is 5.41 Å². The Balaban J connectivity index is 2.24. The van der Waals surface area contributed by atoms with Gasteiger partial charge in [0.05, 0.1) is 5.69 Å². The van der Waals surface area contributed by atoms with E-state index in [1.165, 1.54) is 6.21 Å². The van der Waals surface area contributed by atoms with Crippen molar-refractivity contribution in [2.45, 2.75) is 6.42 Å². The summed E-state index contributed by atoms with van der Waals surface area (Å²) in [4.78, 5) is 4.32. The molecule has 4 nitrogen and oxygen atoms in total. The number of oxazole rings is 1. The fraction of sp³-hybridized carbons (Fsp3) is 0.167. The van der Waals surface area contributed by atoms with Gasteiger partial charge in [-0.05, 0) is 24.2 Å². The van der Waals surface area contributed by atoms with Gasteiger partial charge in [-0.1, -0.05) is 12.1 Å². The molecule has 3 N–H and O–H groups in total. The second-order valence-electron chi connectivity index (χ2n) is 3.45. The zero-order valence-electron chi connectivity index (χ0n) is 8.81. The summed E-state index contributed by atoms with van der Waals surface area (Å²) in [5.41, 5.74) is 8.08. The summed E-state index contributed by atoms with van der Waals surface area (Å²) < 4.78 is 5.35. The lowest BCUT2D eigenvalue weighted by molar-refractivity contribution is 0.572. The highest BCUT2D eigenvalue weighted by atomic mass is 16.3. The first-order chi connectivity index (χ1) is 7.83. The molecule has 1 heterocycles. The Labute approximate surface area is 93.6 Å². The first-order valence-corrected chi connectivity index (χ1v) is 5.09. The minimum Gasteiger partial charge on any atom is -0.444 e. The third kappa shape index (κ3) is 2.17. The average Bonchev–Trinajstić information content (AvgIpc) is 2.78. The third-order valence-corrected chi connectivity index (χ3v) is 2.28. The number of nitrogens with zero attached hydrogens (tertiary/aromatic N) is 1. The van der Waals surface area contributed by atoms with Crippen molar-refractivity contribution < 1.29 is 4.42 Å². The maximum Gasteiger partial charge on any atom is 0.226 e. The van der Waals surface area contributed by atoms with Crippen LogP contribution in [-0.2, 0) is 6.42 Å². The van der Waals surface area contributed by atoms with Crippen LogP contribution in [0.4, 0.5) is 0 Å². The lowest BCUT2D eigenvalue weighted by atomic mass is 10.1. The van der Waals surface area contributed by atoms with E-state index < -0.39 is 0 Å². The molecule has 0 fully saturated rings. The van der Waals surface area contributed by atoms with Crippen LogP contribution in [0.5, 0.6) is 0 Å². The van der Waals surface area contributed by atoms with Crippen LogP contribution in [0.3, 0.4) is 0 Å². The molecule has 1 aromatic carbocycles. The molecule has 0 atom stereocenters. The van der Waals surface area contributed by atoms with Crippen LogP contribution in [0.1, 0.15) is 11.3 Å². The Morgan fingerprint density at radius 1 is 1.31 bits per heavy atom. The zero-order chi connectivity index (χ0) is 11.4. The van der Waals surface area contributed by atoms with Crippen LogP contribution >= 0.6 is 0 Å². The van der Waals surface area contributed by atoms with Crippen molar-refractivity contribution in [1.82, 2.24) is 4.98 Å². The van der Waals surface area contributed by atoms with E-state index in [-0.39, 0.29) is 0 Å². The first kappa shape index (κ1) is 10.6. The Bertz CT molecular complexity index is 473. The van der Waals surface area contributed by atoms with Crippen molar-refractivity contribution in [2.75, 3.05) is 6.54 Å². The third-order valence-electron chi connectivity index (χ3n) is 2.28. The van der Waals surface area contributed by atoms with Gasteiger partial charge in [-0.3, -0.25) is 0 Å². The lowest BCUT2D eigenvalue weighted by Gasteiger charge is -1.95. The quantitative estimate of drug-likeness (QED) is 0.764. The Hall–Kier alpha value is -1.94. The number of nitrogens with two attached hydrogens (primary N) is 1. The number of benzene rings is 1. The molecular weight excluding hydrogens is 202 g/mol. The summed E-state index contributed by atoms with van der Waals surface area (Å²) in [6, 6.07) is 7.49. The molecule has 2 aromatic rings. The average molecular weight is 215 g/mol.